The molecule has 2 aromatic rings. The molecule has 0 fully saturated rings. The van der Waals surface area contributed by atoms with Gasteiger partial charge in [0.1, 0.15) is 22.7 Å². The number of nitro groups is 1. The Hall–Kier alpha value is -2.34. The van der Waals surface area contributed by atoms with Crippen LogP contribution in [0.25, 0.3) is 0 Å². The first kappa shape index (κ1) is 15.1. The average molecular weight is 309 g/mol. The van der Waals surface area contributed by atoms with Crippen molar-refractivity contribution in [2.75, 3.05) is 0 Å². The van der Waals surface area contributed by atoms with E-state index in [2.05, 4.69) is 4.98 Å². The van der Waals surface area contributed by atoms with E-state index in [0.717, 1.165) is 11.9 Å². The second kappa shape index (κ2) is 6.41. The molecule has 0 aliphatic carbocycles. The smallest absolute Gasteiger partial charge is 0.289 e. The predicted octanol–water partition coefficient (Wildman–Crippen LogP) is 4.22. The largest absolute Gasteiger partial charge is 0.491 e. The Morgan fingerprint density at radius 3 is 2.38 bits per heavy atom. The van der Waals surface area contributed by atoms with Crippen LogP contribution < -0.4 is 9.47 Å². The number of benzene rings is 1. The molecule has 0 bridgehead atoms. The zero-order chi connectivity index (χ0) is 15.4. The standard InChI is InChI=1S/C14H13ClN2O4/c1-9(2)20-11-3-5-12(6-4-11)21-14-13(15)7-10(8-16-14)17(18)19/h3-9H,1-2H3. The molecule has 1 aromatic carbocycles. The number of halogens is 1. The van der Waals surface area contributed by atoms with Gasteiger partial charge < -0.3 is 9.47 Å². The van der Waals surface area contributed by atoms with E-state index in [1.54, 1.807) is 24.3 Å². The maximum Gasteiger partial charge on any atom is 0.289 e. The van der Waals surface area contributed by atoms with Crippen molar-refractivity contribution in [3.63, 3.8) is 0 Å². The van der Waals surface area contributed by atoms with Gasteiger partial charge in [-0.1, -0.05) is 11.6 Å². The normalized spacial score (nSPS) is 10.5. The third kappa shape index (κ3) is 4.06. The SMILES string of the molecule is CC(C)Oc1ccc(Oc2ncc([N+](=O)[O-])cc2Cl)cc1. The summed E-state index contributed by atoms with van der Waals surface area (Å²) in [6.07, 6.45) is 1.18. The van der Waals surface area contributed by atoms with Crippen molar-refractivity contribution in [2.24, 2.45) is 0 Å². The lowest BCUT2D eigenvalue weighted by molar-refractivity contribution is -0.385. The minimum Gasteiger partial charge on any atom is -0.491 e. The van der Waals surface area contributed by atoms with Crippen molar-refractivity contribution < 1.29 is 14.4 Å². The summed E-state index contributed by atoms with van der Waals surface area (Å²) in [5.74, 6) is 1.34. The first-order valence-corrected chi connectivity index (χ1v) is 6.58. The molecule has 0 spiro atoms. The van der Waals surface area contributed by atoms with Crippen LogP contribution in [0.1, 0.15) is 13.8 Å². The highest BCUT2D eigenvalue weighted by Gasteiger charge is 2.12. The summed E-state index contributed by atoms with van der Waals surface area (Å²) >= 11 is 5.91. The van der Waals surface area contributed by atoms with Gasteiger partial charge in [-0.25, -0.2) is 4.98 Å². The lowest BCUT2D eigenvalue weighted by Crippen LogP contribution is -2.05. The summed E-state index contributed by atoms with van der Waals surface area (Å²) in [6, 6.07) is 8.12. The van der Waals surface area contributed by atoms with E-state index >= 15 is 0 Å². The molecule has 0 saturated carbocycles. The zero-order valence-electron chi connectivity index (χ0n) is 11.4. The topological polar surface area (TPSA) is 74.5 Å². The maximum absolute atomic E-state index is 10.6. The lowest BCUT2D eigenvalue weighted by atomic mass is 10.3. The Morgan fingerprint density at radius 2 is 1.86 bits per heavy atom. The van der Waals surface area contributed by atoms with Crippen molar-refractivity contribution in [2.45, 2.75) is 20.0 Å². The third-order valence-corrected chi connectivity index (χ3v) is 2.68. The maximum atomic E-state index is 10.6. The molecule has 0 aliphatic rings. The predicted molar refractivity (Wildman–Crippen MR) is 78.2 cm³/mol. The highest BCUT2D eigenvalue weighted by molar-refractivity contribution is 6.32. The summed E-state index contributed by atoms with van der Waals surface area (Å²) in [5, 5.41) is 10.7. The summed E-state index contributed by atoms with van der Waals surface area (Å²) in [6.45, 7) is 3.87. The van der Waals surface area contributed by atoms with Gasteiger partial charge in [-0.05, 0) is 38.1 Å². The fourth-order valence-corrected chi connectivity index (χ4v) is 1.76. The van der Waals surface area contributed by atoms with Gasteiger partial charge in [0.2, 0.25) is 5.88 Å². The first-order valence-electron chi connectivity index (χ1n) is 6.20. The molecule has 0 saturated heterocycles. The molecule has 0 radical (unpaired) electrons. The van der Waals surface area contributed by atoms with Crippen molar-refractivity contribution in [3.8, 4) is 17.4 Å². The van der Waals surface area contributed by atoms with Crippen LogP contribution in [0.15, 0.2) is 36.5 Å². The summed E-state index contributed by atoms with van der Waals surface area (Å²) < 4.78 is 11.0. The number of rotatable bonds is 5. The molecule has 0 N–H and O–H groups in total. The van der Waals surface area contributed by atoms with E-state index in [1.165, 1.54) is 6.07 Å². The van der Waals surface area contributed by atoms with Gasteiger partial charge in [0.25, 0.3) is 5.69 Å². The molecule has 21 heavy (non-hydrogen) atoms. The second-order valence-electron chi connectivity index (χ2n) is 4.48. The Balaban J connectivity index is 2.13. The van der Waals surface area contributed by atoms with E-state index < -0.39 is 4.92 Å². The second-order valence-corrected chi connectivity index (χ2v) is 4.88. The van der Waals surface area contributed by atoms with Crippen molar-refractivity contribution in [1.29, 1.82) is 0 Å². The highest BCUT2D eigenvalue weighted by atomic mass is 35.5. The molecule has 1 aromatic heterocycles. The number of nitrogens with zero attached hydrogens (tertiary/aromatic N) is 2. The molecule has 7 heteroatoms. The van der Waals surface area contributed by atoms with Gasteiger partial charge in [0.05, 0.1) is 11.0 Å². The molecule has 0 unspecified atom stereocenters. The molecule has 110 valence electrons. The Kier molecular flexibility index (Phi) is 4.59. The molecular weight excluding hydrogens is 296 g/mol. The lowest BCUT2D eigenvalue weighted by Gasteiger charge is -2.10. The molecule has 2 rings (SSSR count). The Bertz CT molecular complexity index is 644. The van der Waals surface area contributed by atoms with E-state index in [9.17, 15) is 10.1 Å². The number of ether oxygens (including phenoxy) is 2. The van der Waals surface area contributed by atoms with Gasteiger partial charge in [0, 0.05) is 6.07 Å². The van der Waals surface area contributed by atoms with Gasteiger partial charge in [-0.2, -0.15) is 0 Å². The fourth-order valence-electron chi connectivity index (χ4n) is 1.56. The van der Waals surface area contributed by atoms with Gasteiger partial charge >= 0.3 is 0 Å². The molecule has 0 atom stereocenters. The highest BCUT2D eigenvalue weighted by Crippen LogP contribution is 2.30. The number of pyridine rings is 1. The van der Waals surface area contributed by atoms with Gasteiger partial charge in [-0.3, -0.25) is 10.1 Å². The molecule has 1 heterocycles. The van der Waals surface area contributed by atoms with E-state index in [0.29, 0.717) is 5.75 Å². The van der Waals surface area contributed by atoms with Crippen LogP contribution in [0, 0.1) is 10.1 Å². The first-order chi connectivity index (χ1) is 9.95. The van der Waals surface area contributed by atoms with Crippen molar-refractivity contribution in [3.05, 3.63) is 51.7 Å². The van der Waals surface area contributed by atoms with Crippen LogP contribution in [-0.2, 0) is 0 Å². The Labute approximate surface area is 126 Å². The molecule has 0 aliphatic heterocycles. The van der Waals surface area contributed by atoms with Crippen LogP contribution in [-0.4, -0.2) is 16.0 Å². The quantitative estimate of drug-likeness (QED) is 0.610. The fraction of sp³-hybridized carbons (Fsp3) is 0.214. The molecular formula is C14H13ClN2O4. The van der Waals surface area contributed by atoms with Crippen LogP contribution in [0.3, 0.4) is 0 Å². The third-order valence-electron chi connectivity index (χ3n) is 2.41. The Morgan fingerprint density at radius 1 is 1.24 bits per heavy atom. The zero-order valence-corrected chi connectivity index (χ0v) is 12.2. The van der Waals surface area contributed by atoms with Crippen LogP contribution in [0.4, 0.5) is 5.69 Å². The van der Waals surface area contributed by atoms with Gasteiger partial charge in [-0.15, -0.1) is 0 Å². The van der Waals surface area contributed by atoms with Gasteiger partial charge in [0.15, 0.2) is 0 Å². The van der Waals surface area contributed by atoms with Crippen molar-refractivity contribution >= 4 is 17.3 Å². The monoisotopic (exact) mass is 308 g/mol. The summed E-state index contributed by atoms with van der Waals surface area (Å²) in [7, 11) is 0. The minimum absolute atomic E-state index is 0.0757. The minimum atomic E-state index is -0.569. The van der Waals surface area contributed by atoms with E-state index in [1.807, 2.05) is 13.8 Å². The van der Waals surface area contributed by atoms with Crippen LogP contribution >= 0.6 is 11.6 Å². The number of aromatic nitrogens is 1. The number of hydrogen-bond donors (Lipinski definition) is 0. The summed E-state index contributed by atoms with van der Waals surface area (Å²) in [5.41, 5.74) is -0.187. The number of hydrogen-bond acceptors (Lipinski definition) is 5. The molecule has 6 nitrogen and oxygen atoms in total. The van der Waals surface area contributed by atoms with Crippen LogP contribution in [0.5, 0.6) is 17.4 Å². The van der Waals surface area contributed by atoms with E-state index in [-0.39, 0.29) is 22.7 Å². The van der Waals surface area contributed by atoms with Crippen molar-refractivity contribution in [1.82, 2.24) is 4.98 Å². The van der Waals surface area contributed by atoms with Crippen LogP contribution in [0.2, 0.25) is 5.02 Å². The van der Waals surface area contributed by atoms with E-state index in [4.69, 9.17) is 21.1 Å². The summed E-state index contributed by atoms with van der Waals surface area (Å²) in [4.78, 5) is 13.9. The molecule has 0 amide bonds. The average Bonchev–Trinajstić information content (AvgIpc) is 2.42.